The van der Waals surface area contributed by atoms with Gasteiger partial charge in [0.2, 0.25) is 11.8 Å². The van der Waals surface area contributed by atoms with Crippen molar-refractivity contribution in [2.75, 3.05) is 50.9 Å². The predicted molar refractivity (Wildman–Crippen MR) is 154 cm³/mol. The maximum absolute atomic E-state index is 14.5. The summed E-state index contributed by atoms with van der Waals surface area (Å²) in [4.78, 5) is 37.1. The summed E-state index contributed by atoms with van der Waals surface area (Å²) < 4.78 is 39.6. The highest BCUT2D eigenvalue weighted by Gasteiger charge is 2.37. The molecule has 3 N–H and O–H groups in total. The Morgan fingerprint density at radius 1 is 1.05 bits per heavy atom. The highest BCUT2D eigenvalue weighted by atomic mass is 19.1. The molecule has 2 aromatic rings. The number of amides is 2. The van der Waals surface area contributed by atoms with Gasteiger partial charge in [-0.3, -0.25) is 19.4 Å². The number of benzene rings is 1. The molecule has 10 nitrogen and oxygen atoms in total. The number of pyridine rings is 1. The number of ether oxygens (including phenoxy) is 2. The minimum absolute atomic E-state index is 0.0611. The van der Waals surface area contributed by atoms with Crippen LogP contribution in [0.2, 0.25) is 0 Å². The molecule has 1 aromatic heterocycles. The molecule has 1 aromatic carbocycles. The number of rotatable bonds is 7. The number of anilines is 1. The highest BCUT2D eigenvalue weighted by molar-refractivity contribution is 5.98. The molecule has 2 saturated heterocycles. The molecular formula is C30H40F2N6O4. The molecule has 5 rings (SSSR count). The van der Waals surface area contributed by atoms with Gasteiger partial charge in [-0.1, -0.05) is 6.07 Å². The van der Waals surface area contributed by atoms with Gasteiger partial charge in [0.1, 0.15) is 29.6 Å². The first kappa shape index (κ1) is 30.3. The fourth-order valence-corrected chi connectivity index (χ4v) is 6.21. The average Bonchev–Trinajstić information content (AvgIpc) is 2.93. The zero-order valence-electron chi connectivity index (χ0n) is 24.6. The number of nitrogens with zero attached hydrogens (tertiary/aromatic N) is 4. The Balaban J connectivity index is 1.42. The van der Waals surface area contributed by atoms with Crippen molar-refractivity contribution in [1.29, 1.82) is 0 Å². The number of halogens is 2. The van der Waals surface area contributed by atoms with E-state index in [4.69, 9.17) is 15.2 Å². The standard InChI is InChI=1S/C30H40F2N6O4/c1-17-11-36(24(10-34-17)12-37-18(2)14-41-15-19(37)3)13-27(39)38-20(4)16-42-30-26(38)8-22(28(35-30)29(33)40)7-21-5-6-23(31)9-25(21)32/h5-6,8-9,17-20,24,34H,7,10-16H2,1-4H3,(H2,33,40)/t17-,18-,19-,20?,24-/m1/s1. The lowest BCUT2D eigenvalue weighted by Gasteiger charge is -2.46. The van der Waals surface area contributed by atoms with Crippen molar-refractivity contribution >= 4 is 17.5 Å². The Kier molecular flexibility index (Phi) is 9.07. The number of primary amides is 1. The fraction of sp³-hybridized carbons (Fsp3) is 0.567. The summed E-state index contributed by atoms with van der Waals surface area (Å²) in [6.07, 6.45) is -0.0611. The van der Waals surface area contributed by atoms with E-state index in [1.807, 2.05) is 6.92 Å². The highest BCUT2D eigenvalue weighted by Crippen LogP contribution is 2.35. The van der Waals surface area contributed by atoms with Crippen LogP contribution in [0.3, 0.4) is 0 Å². The molecule has 1 unspecified atom stereocenters. The number of nitrogens with one attached hydrogen (secondary N) is 1. The minimum atomic E-state index is -0.806. The third kappa shape index (κ3) is 6.41. The maximum Gasteiger partial charge on any atom is 0.267 e. The molecule has 2 amide bonds. The molecule has 3 aliphatic rings. The molecule has 0 radical (unpaired) electrons. The predicted octanol–water partition coefficient (Wildman–Crippen LogP) is 1.93. The van der Waals surface area contributed by atoms with E-state index in [1.165, 1.54) is 6.07 Å². The normalized spacial score (nSPS) is 26.9. The number of piperazine rings is 1. The lowest BCUT2D eigenvalue weighted by molar-refractivity contribution is -0.122. The Morgan fingerprint density at radius 3 is 2.48 bits per heavy atom. The molecule has 0 saturated carbocycles. The lowest BCUT2D eigenvalue weighted by Crippen LogP contribution is -2.63. The second-order valence-electron chi connectivity index (χ2n) is 11.8. The summed E-state index contributed by atoms with van der Waals surface area (Å²) >= 11 is 0. The fourth-order valence-electron chi connectivity index (χ4n) is 6.21. The zero-order valence-corrected chi connectivity index (χ0v) is 24.6. The monoisotopic (exact) mass is 586 g/mol. The van der Waals surface area contributed by atoms with Crippen molar-refractivity contribution in [3.05, 3.63) is 52.7 Å². The number of aromatic nitrogens is 1. The van der Waals surface area contributed by atoms with E-state index in [-0.39, 0.29) is 72.8 Å². The SMILES string of the molecule is CC1COc2nc(C(N)=O)c(Cc3ccc(F)cc3F)cc2N1C(=O)CN1C[C@@H](C)NC[C@@H]1CN1[C@H](C)COC[C@H]1C. The van der Waals surface area contributed by atoms with E-state index >= 15 is 0 Å². The quantitative estimate of drug-likeness (QED) is 0.506. The van der Waals surface area contributed by atoms with E-state index in [9.17, 15) is 18.4 Å². The first-order chi connectivity index (χ1) is 20.0. The van der Waals surface area contributed by atoms with Crippen molar-refractivity contribution in [2.24, 2.45) is 5.73 Å². The molecule has 4 heterocycles. The van der Waals surface area contributed by atoms with Crippen molar-refractivity contribution in [2.45, 2.75) is 64.3 Å². The summed E-state index contributed by atoms with van der Waals surface area (Å²) in [5, 5.41) is 3.56. The van der Waals surface area contributed by atoms with Crippen LogP contribution in [0.25, 0.3) is 0 Å². The molecule has 5 atom stereocenters. The molecular weight excluding hydrogens is 546 g/mol. The van der Waals surface area contributed by atoms with Gasteiger partial charge in [-0.2, -0.15) is 0 Å². The Hall–Kier alpha value is -3.19. The van der Waals surface area contributed by atoms with Crippen LogP contribution in [0, 0.1) is 11.6 Å². The van der Waals surface area contributed by atoms with Gasteiger partial charge in [0.25, 0.3) is 5.91 Å². The number of hydrogen-bond donors (Lipinski definition) is 2. The van der Waals surface area contributed by atoms with Crippen molar-refractivity contribution in [3.63, 3.8) is 0 Å². The third-order valence-corrected chi connectivity index (χ3v) is 8.44. The van der Waals surface area contributed by atoms with Crippen molar-refractivity contribution in [1.82, 2.24) is 20.1 Å². The number of fused-ring (bicyclic) bond motifs is 1. The molecule has 0 spiro atoms. The number of hydrogen-bond acceptors (Lipinski definition) is 8. The van der Waals surface area contributed by atoms with E-state index < -0.39 is 17.5 Å². The molecule has 12 heteroatoms. The van der Waals surface area contributed by atoms with Crippen LogP contribution >= 0.6 is 0 Å². The van der Waals surface area contributed by atoms with Crippen molar-refractivity contribution in [3.8, 4) is 5.88 Å². The van der Waals surface area contributed by atoms with Gasteiger partial charge >= 0.3 is 0 Å². The van der Waals surface area contributed by atoms with Gasteiger partial charge in [-0.05, 0) is 51.0 Å². The minimum Gasteiger partial charge on any atom is -0.474 e. The summed E-state index contributed by atoms with van der Waals surface area (Å²) in [5.74, 6) is -2.25. The summed E-state index contributed by atoms with van der Waals surface area (Å²) in [7, 11) is 0. The first-order valence-electron chi connectivity index (χ1n) is 14.5. The lowest BCUT2D eigenvalue weighted by atomic mass is 10.0. The van der Waals surface area contributed by atoms with Crippen LogP contribution in [-0.2, 0) is 16.0 Å². The van der Waals surface area contributed by atoms with Crippen LogP contribution in [0.5, 0.6) is 5.88 Å². The van der Waals surface area contributed by atoms with Crippen molar-refractivity contribution < 1.29 is 27.8 Å². The summed E-state index contributed by atoms with van der Waals surface area (Å²) in [6.45, 7) is 12.4. The van der Waals surface area contributed by atoms with E-state index in [2.05, 4.69) is 40.9 Å². The van der Waals surface area contributed by atoms with Crippen LogP contribution in [-0.4, -0.2) is 103 Å². The van der Waals surface area contributed by atoms with Crippen LogP contribution in [0.15, 0.2) is 24.3 Å². The second kappa shape index (κ2) is 12.6. The molecule has 0 aliphatic carbocycles. The van der Waals surface area contributed by atoms with E-state index in [1.54, 1.807) is 11.0 Å². The molecule has 2 fully saturated rings. The van der Waals surface area contributed by atoms with E-state index in [0.717, 1.165) is 25.2 Å². The number of carbonyl (C=O) groups excluding carboxylic acids is 2. The van der Waals surface area contributed by atoms with Crippen LogP contribution < -0.4 is 20.7 Å². The largest absolute Gasteiger partial charge is 0.474 e. The molecule has 3 aliphatic heterocycles. The number of morpholine rings is 1. The topological polar surface area (TPSA) is 113 Å². The number of carbonyl (C=O) groups is 2. The summed E-state index contributed by atoms with van der Waals surface area (Å²) in [5.41, 5.74) is 6.44. The van der Waals surface area contributed by atoms with Crippen LogP contribution in [0.4, 0.5) is 14.5 Å². The van der Waals surface area contributed by atoms with Gasteiger partial charge in [-0.15, -0.1) is 0 Å². The van der Waals surface area contributed by atoms with Gasteiger partial charge in [0.05, 0.1) is 25.8 Å². The maximum atomic E-state index is 14.5. The Bertz CT molecular complexity index is 1320. The van der Waals surface area contributed by atoms with Crippen LogP contribution in [0.1, 0.15) is 49.3 Å². The smallest absolute Gasteiger partial charge is 0.267 e. The molecule has 0 bridgehead atoms. The average molecular weight is 587 g/mol. The van der Waals surface area contributed by atoms with Gasteiger partial charge in [0.15, 0.2) is 0 Å². The van der Waals surface area contributed by atoms with E-state index in [0.29, 0.717) is 31.0 Å². The van der Waals surface area contributed by atoms with Gasteiger partial charge in [-0.25, -0.2) is 13.8 Å². The number of nitrogens with two attached hydrogens (primary N) is 1. The zero-order chi connectivity index (χ0) is 30.1. The second-order valence-corrected chi connectivity index (χ2v) is 11.8. The first-order valence-corrected chi connectivity index (χ1v) is 14.5. The van der Waals surface area contributed by atoms with Gasteiger partial charge in [0, 0.05) is 56.3 Å². The Morgan fingerprint density at radius 2 is 1.79 bits per heavy atom. The van der Waals surface area contributed by atoms with Gasteiger partial charge < -0.3 is 25.4 Å². The summed E-state index contributed by atoms with van der Waals surface area (Å²) in [6, 6.07) is 5.48. The third-order valence-electron chi connectivity index (χ3n) is 8.44. The molecule has 42 heavy (non-hydrogen) atoms. The Labute approximate surface area is 245 Å². The molecule has 228 valence electrons.